The van der Waals surface area contributed by atoms with Crippen molar-refractivity contribution in [3.8, 4) is 17.5 Å². The molecule has 0 bridgehead atoms. The van der Waals surface area contributed by atoms with E-state index in [1.807, 2.05) is 12.1 Å². The highest BCUT2D eigenvalue weighted by atomic mass is 35.5. The molecule has 1 heterocycles. The molecule has 0 saturated heterocycles. The standard InChI is InChI=1S/C17H19ClN6O/c1-20-17(22-14-4-2-3-12(14)9-19)21-10-15-23-16(24-25-15)11-5-7-13(18)8-6-11/h5-8,12,14H,2-4,10H2,1H3,(H2,20,21,22). The van der Waals surface area contributed by atoms with Crippen LogP contribution >= 0.6 is 11.6 Å². The quantitative estimate of drug-likeness (QED) is 0.644. The van der Waals surface area contributed by atoms with E-state index >= 15 is 0 Å². The molecule has 1 fully saturated rings. The minimum absolute atomic E-state index is 0.0264. The van der Waals surface area contributed by atoms with Crippen LogP contribution in [0.5, 0.6) is 0 Å². The molecule has 2 aromatic rings. The summed E-state index contributed by atoms with van der Waals surface area (Å²) in [6.45, 7) is 0.351. The number of nitriles is 1. The lowest BCUT2D eigenvalue weighted by atomic mass is 10.1. The molecule has 1 aliphatic rings. The molecular weight excluding hydrogens is 340 g/mol. The second-order valence-electron chi connectivity index (χ2n) is 5.86. The van der Waals surface area contributed by atoms with Gasteiger partial charge >= 0.3 is 0 Å². The van der Waals surface area contributed by atoms with Crippen molar-refractivity contribution in [2.75, 3.05) is 7.05 Å². The predicted octanol–water partition coefficient (Wildman–Crippen LogP) is 2.75. The van der Waals surface area contributed by atoms with Crippen molar-refractivity contribution in [3.05, 3.63) is 35.2 Å². The number of aliphatic imine (C=N–C) groups is 1. The fraction of sp³-hybridized carbons (Fsp3) is 0.412. The van der Waals surface area contributed by atoms with Gasteiger partial charge in [0.05, 0.1) is 18.5 Å². The molecule has 1 aromatic carbocycles. The molecule has 3 rings (SSSR count). The van der Waals surface area contributed by atoms with Gasteiger partial charge < -0.3 is 15.2 Å². The predicted molar refractivity (Wildman–Crippen MR) is 94.8 cm³/mol. The van der Waals surface area contributed by atoms with E-state index in [0.717, 1.165) is 24.8 Å². The molecule has 1 saturated carbocycles. The average Bonchev–Trinajstić information content (AvgIpc) is 3.28. The normalized spacial score (nSPS) is 20.3. The molecule has 130 valence electrons. The topological polar surface area (TPSA) is 99.1 Å². The molecular formula is C17H19ClN6O. The van der Waals surface area contributed by atoms with E-state index in [1.165, 1.54) is 0 Å². The van der Waals surface area contributed by atoms with Crippen LogP contribution in [0.3, 0.4) is 0 Å². The Morgan fingerprint density at radius 2 is 2.20 bits per heavy atom. The first-order valence-corrected chi connectivity index (χ1v) is 8.52. The zero-order valence-corrected chi connectivity index (χ0v) is 14.6. The first-order chi connectivity index (χ1) is 12.2. The van der Waals surface area contributed by atoms with E-state index in [1.54, 1.807) is 19.2 Å². The highest BCUT2D eigenvalue weighted by molar-refractivity contribution is 6.30. The van der Waals surface area contributed by atoms with Gasteiger partial charge in [0.15, 0.2) is 5.96 Å². The van der Waals surface area contributed by atoms with Crippen LogP contribution in [0.25, 0.3) is 11.4 Å². The SMILES string of the molecule is CN=C(NCc1nc(-c2ccc(Cl)cc2)no1)NC1CCCC1C#N. The van der Waals surface area contributed by atoms with E-state index < -0.39 is 0 Å². The number of nitrogens with one attached hydrogen (secondary N) is 2. The molecule has 8 heteroatoms. The first-order valence-electron chi connectivity index (χ1n) is 8.15. The summed E-state index contributed by atoms with van der Waals surface area (Å²) in [5.41, 5.74) is 0.838. The van der Waals surface area contributed by atoms with E-state index in [9.17, 15) is 0 Å². The van der Waals surface area contributed by atoms with Crippen molar-refractivity contribution in [3.63, 3.8) is 0 Å². The number of hydrogen-bond acceptors (Lipinski definition) is 5. The summed E-state index contributed by atoms with van der Waals surface area (Å²) in [6.07, 6.45) is 2.96. The molecule has 0 radical (unpaired) electrons. The Morgan fingerprint density at radius 3 is 2.92 bits per heavy atom. The fourth-order valence-corrected chi connectivity index (χ4v) is 2.99. The summed E-state index contributed by atoms with van der Waals surface area (Å²) < 4.78 is 5.26. The van der Waals surface area contributed by atoms with Crippen LogP contribution in [0.1, 0.15) is 25.2 Å². The van der Waals surface area contributed by atoms with Gasteiger partial charge in [-0.15, -0.1) is 0 Å². The third kappa shape index (κ3) is 4.28. The Labute approximate surface area is 151 Å². The van der Waals surface area contributed by atoms with Gasteiger partial charge in [0.25, 0.3) is 0 Å². The lowest BCUT2D eigenvalue weighted by Crippen LogP contribution is -2.44. The van der Waals surface area contributed by atoms with Crippen molar-refractivity contribution in [2.45, 2.75) is 31.8 Å². The zero-order chi connectivity index (χ0) is 17.6. The van der Waals surface area contributed by atoms with Gasteiger partial charge in [-0.25, -0.2) is 0 Å². The maximum atomic E-state index is 9.17. The van der Waals surface area contributed by atoms with E-state index in [4.69, 9.17) is 21.4 Å². The van der Waals surface area contributed by atoms with Crippen LogP contribution in [-0.2, 0) is 6.54 Å². The van der Waals surface area contributed by atoms with Crippen molar-refractivity contribution in [2.24, 2.45) is 10.9 Å². The number of hydrogen-bond donors (Lipinski definition) is 2. The molecule has 2 N–H and O–H groups in total. The largest absolute Gasteiger partial charge is 0.352 e. The minimum atomic E-state index is 0.0264. The van der Waals surface area contributed by atoms with E-state index in [2.05, 4.69) is 31.8 Å². The van der Waals surface area contributed by atoms with Gasteiger partial charge in [-0.05, 0) is 43.5 Å². The van der Waals surface area contributed by atoms with Gasteiger partial charge in [0, 0.05) is 23.7 Å². The lowest BCUT2D eigenvalue weighted by Gasteiger charge is -2.18. The van der Waals surface area contributed by atoms with Crippen LogP contribution in [-0.4, -0.2) is 29.2 Å². The maximum Gasteiger partial charge on any atom is 0.246 e. The summed E-state index contributed by atoms with van der Waals surface area (Å²) in [4.78, 5) is 8.55. The molecule has 2 atom stereocenters. The van der Waals surface area contributed by atoms with Crippen molar-refractivity contribution in [1.29, 1.82) is 5.26 Å². The summed E-state index contributed by atoms with van der Waals surface area (Å²) in [7, 11) is 1.69. The third-order valence-corrected chi connectivity index (χ3v) is 4.46. The molecule has 0 aliphatic heterocycles. The Balaban J connectivity index is 1.57. The minimum Gasteiger partial charge on any atom is -0.352 e. The van der Waals surface area contributed by atoms with Gasteiger partial charge in [-0.1, -0.05) is 16.8 Å². The molecule has 1 aliphatic carbocycles. The number of benzene rings is 1. The Hall–Kier alpha value is -2.59. The molecule has 0 amide bonds. The second-order valence-corrected chi connectivity index (χ2v) is 6.30. The summed E-state index contributed by atoms with van der Waals surface area (Å²) in [5.74, 6) is 1.62. The Kier molecular flexibility index (Phi) is 5.51. The van der Waals surface area contributed by atoms with Crippen LogP contribution in [0.2, 0.25) is 5.02 Å². The molecule has 0 spiro atoms. The average molecular weight is 359 g/mol. The van der Waals surface area contributed by atoms with Crippen LogP contribution in [0.4, 0.5) is 0 Å². The monoisotopic (exact) mass is 358 g/mol. The molecule has 7 nitrogen and oxygen atoms in total. The Bertz CT molecular complexity index is 779. The van der Waals surface area contributed by atoms with Crippen LogP contribution in [0, 0.1) is 17.2 Å². The first kappa shape index (κ1) is 17.2. The fourth-order valence-electron chi connectivity index (χ4n) is 2.86. The summed E-state index contributed by atoms with van der Waals surface area (Å²) >= 11 is 5.88. The Morgan fingerprint density at radius 1 is 1.40 bits per heavy atom. The van der Waals surface area contributed by atoms with Crippen molar-refractivity contribution >= 4 is 17.6 Å². The van der Waals surface area contributed by atoms with Crippen molar-refractivity contribution in [1.82, 2.24) is 20.8 Å². The summed E-state index contributed by atoms with van der Waals surface area (Å²) in [6, 6.07) is 9.72. The van der Waals surface area contributed by atoms with Crippen molar-refractivity contribution < 1.29 is 4.52 Å². The van der Waals surface area contributed by atoms with Gasteiger partial charge in [0.2, 0.25) is 11.7 Å². The zero-order valence-electron chi connectivity index (χ0n) is 13.9. The van der Waals surface area contributed by atoms with E-state index in [0.29, 0.717) is 29.2 Å². The van der Waals surface area contributed by atoms with E-state index in [-0.39, 0.29) is 12.0 Å². The smallest absolute Gasteiger partial charge is 0.246 e. The maximum absolute atomic E-state index is 9.17. The molecule has 25 heavy (non-hydrogen) atoms. The number of aromatic nitrogens is 2. The van der Waals surface area contributed by atoms with Crippen LogP contribution < -0.4 is 10.6 Å². The number of nitrogens with zero attached hydrogens (tertiary/aromatic N) is 4. The van der Waals surface area contributed by atoms with Crippen LogP contribution in [0.15, 0.2) is 33.8 Å². The molecule has 2 unspecified atom stereocenters. The highest BCUT2D eigenvalue weighted by Gasteiger charge is 2.27. The highest BCUT2D eigenvalue weighted by Crippen LogP contribution is 2.24. The lowest BCUT2D eigenvalue weighted by molar-refractivity contribution is 0.375. The number of rotatable bonds is 4. The van der Waals surface area contributed by atoms with Gasteiger partial charge in [-0.3, -0.25) is 4.99 Å². The second kappa shape index (κ2) is 7.99. The van der Waals surface area contributed by atoms with Gasteiger partial charge in [0.1, 0.15) is 0 Å². The third-order valence-electron chi connectivity index (χ3n) is 4.21. The molecule has 1 aromatic heterocycles. The number of guanidine groups is 1. The number of halogens is 1. The van der Waals surface area contributed by atoms with Gasteiger partial charge in [-0.2, -0.15) is 10.2 Å². The summed E-state index contributed by atoms with van der Waals surface area (Å²) in [5, 5.41) is 20.2.